The fraction of sp³-hybridized carbons (Fsp3) is 0.417. The Kier molecular flexibility index (Phi) is 9.06. The highest BCUT2D eigenvalue weighted by Crippen LogP contribution is 2.36. The van der Waals surface area contributed by atoms with Gasteiger partial charge in [-0.25, -0.2) is 8.42 Å². The maximum atomic E-state index is 13.5. The highest BCUT2D eigenvalue weighted by molar-refractivity contribution is 7.92. The molecule has 0 aliphatic heterocycles. The molecule has 0 fully saturated rings. The number of alkyl halides is 3. The van der Waals surface area contributed by atoms with Gasteiger partial charge >= 0.3 is 6.18 Å². The van der Waals surface area contributed by atoms with Gasteiger partial charge in [0.05, 0.1) is 22.5 Å². The van der Waals surface area contributed by atoms with Crippen LogP contribution >= 0.6 is 11.6 Å². The van der Waals surface area contributed by atoms with E-state index in [0.717, 1.165) is 12.3 Å². The molecule has 0 saturated carbocycles. The van der Waals surface area contributed by atoms with Gasteiger partial charge in [0.2, 0.25) is 21.8 Å². The van der Waals surface area contributed by atoms with Gasteiger partial charge in [-0.05, 0) is 51.5 Å². The molecule has 0 spiro atoms. The minimum absolute atomic E-state index is 0.0354. The van der Waals surface area contributed by atoms with E-state index in [-0.39, 0.29) is 11.6 Å². The molecule has 2 aromatic rings. The summed E-state index contributed by atoms with van der Waals surface area (Å²) >= 11 is 6.06. The number of amides is 2. The first-order valence-electron chi connectivity index (χ1n) is 10.9. The van der Waals surface area contributed by atoms with Gasteiger partial charge in [0.15, 0.2) is 0 Å². The number of halogens is 4. The number of hydrogen-bond donors (Lipinski definition) is 1. The van der Waals surface area contributed by atoms with E-state index < -0.39 is 57.4 Å². The SMILES string of the molecule is C[C@@H](C(=O)NC(C)(C)C)N(Cc1ccccc1)C(=O)CN(c1cc(C(F)(F)F)ccc1Cl)S(C)(=O)=O. The van der Waals surface area contributed by atoms with Crippen LogP contribution in [0.15, 0.2) is 48.5 Å². The number of hydrogen-bond acceptors (Lipinski definition) is 4. The number of nitrogens with one attached hydrogen (secondary N) is 1. The van der Waals surface area contributed by atoms with Crippen LogP contribution in [0.2, 0.25) is 5.02 Å². The predicted octanol–water partition coefficient (Wildman–Crippen LogP) is 4.46. The first-order valence-corrected chi connectivity index (χ1v) is 13.1. The van der Waals surface area contributed by atoms with E-state index in [9.17, 15) is 31.2 Å². The van der Waals surface area contributed by atoms with E-state index in [1.54, 1.807) is 51.1 Å². The highest BCUT2D eigenvalue weighted by atomic mass is 35.5. The molecule has 0 aromatic heterocycles. The maximum absolute atomic E-state index is 13.5. The minimum Gasteiger partial charge on any atom is -0.350 e. The normalized spacial score (nSPS) is 13.1. The smallest absolute Gasteiger partial charge is 0.350 e. The summed E-state index contributed by atoms with van der Waals surface area (Å²) in [5.41, 5.74) is -1.54. The Morgan fingerprint density at radius 2 is 1.64 bits per heavy atom. The van der Waals surface area contributed by atoms with E-state index in [0.29, 0.717) is 22.0 Å². The van der Waals surface area contributed by atoms with Crippen molar-refractivity contribution in [3.8, 4) is 0 Å². The molecule has 1 N–H and O–H groups in total. The van der Waals surface area contributed by atoms with E-state index in [1.807, 2.05) is 0 Å². The summed E-state index contributed by atoms with van der Waals surface area (Å²) in [6.07, 6.45) is -4.00. The molecule has 0 heterocycles. The van der Waals surface area contributed by atoms with E-state index in [1.165, 1.54) is 11.8 Å². The first kappa shape index (κ1) is 29.4. The number of rotatable bonds is 8. The number of carbonyl (C=O) groups is 2. The third-order valence-corrected chi connectivity index (χ3v) is 6.53. The molecule has 0 aliphatic carbocycles. The van der Waals surface area contributed by atoms with Crippen molar-refractivity contribution < 1.29 is 31.2 Å². The van der Waals surface area contributed by atoms with Crippen molar-refractivity contribution in [1.82, 2.24) is 10.2 Å². The Bertz CT molecular complexity index is 1200. The number of benzene rings is 2. The Balaban J connectivity index is 2.49. The number of carbonyl (C=O) groups excluding carboxylic acids is 2. The molecule has 2 rings (SSSR count). The van der Waals surface area contributed by atoms with Crippen LogP contribution in [0.4, 0.5) is 18.9 Å². The van der Waals surface area contributed by atoms with E-state index in [2.05, 4.69) is 5.32 Å². The molecule has 0 bridgehead atoms. The summed E-state index contributed by atoms with van der Waals surface area (Å²) in [7, 11) is -4.25. The standard InChI is InChI=1S/C24H29ClF3N3O4S/c1-16(22(33)29-23(2,3)4)30(14-17-9-7-6-8-10-17)21(32)15-31(36(5,34)35)20-13-18(24(26,27)28)11-12-19(20)25/h6-13,16H,14-15H2,1-5H3,(H,29,33)/t16-/m0/s1. The summed E-state index contributed by atoms with van der Waals surface area (Å²) in [5.74, 6) is -1.27. The van der Waals surface area contributed by atoms with Crippen LogP contribution in [-0.2, 0) is 32.3 Å². The molecule has 1 atom stereocenters. The summed E-state index contributed by atoms with van der Waals surface area (Å²) in [6.45, 7) is 5.89. The Morgan fingerprint density at radius 1 is 1.06 bits per heavy atom. The highest BCUT2D eigenvalue weighted by Gasteiger charge is 2.35. The number of anilines is 1. The minimum atomic E-state index is -4.76. The Hall–Kier alpha value is -2.79. The largest absolute Gasteiger partial charge is 0.416 e. The monoisotopic (exact) mass is 547 g/mol. The summed E-state index contributed by atoms with van der Waals surface area (Å²) < 4.78 is 65.6. The topological polar surface area (TPSA) is 86.8 Å². The van der Waals surface area contributed by atoms with Crippen LogP contribution in [0, 0.1) is 0 Å². The second-order valence-electron chi connectivity index (χ2n) is 9.36. The molecule has 2 amide bonds. The zero-order chi connectivity index (χ0) is 27.5. The van der Waals surface area contributed by atoms with Crippen molar-refractivity contribution in [2.45, 2.75) is 52.0 Å². The molecule has 0 saturated heterocycles. The average molecular weight is 548 g/mol. The van der Waals surface area contributed by atoms with Crippen molar-refractivity contribution in [2.24, 2.45) is 0 Å². The maximum Gasteiger partial charge on any atom is 0.416 e. The third kappa shape index (κ3) is 8.12. The lowest BCUT2D eigenvalue weighted by Gasteiger charge is -2.33. The van der Waals surface area contributed by atoms with Crippen molar-refractivity contribution in [3.63, 3.8) is 0 Å². The second kappa shape index (κ2) is 11.1. The molecular weight excluding hydrogens is 519 g/mol. The quantitative estimate of drug-likeness (QED) is 0.529. The van der Waals surface area contributed by atoms with Gasteiger partial charge < -0.3 is 10.2 Å². The van der Waals surface area contributed by atoms with Gasteiger partial charge in [-0.3, -0.25) is 13.9 Å². The van der Waals surface area contributed by atoms with Gasteiger partial charge in [0, 0.05) is 12.1 Å². The molecule has 0 unspecified atom stereocenters. The van der Waals surface area contributed by atoms with Gasteiger partial charge in [0.25, 0.3) is 0 Å². The van der Waals surface area contributed by atoms with Crippen LogP contribution in [0.1, 0.15) is 38.8 Å². The van der Waals surface area contributed by atoms with Gasteiger partial charge in [-0.15, -0.1) is 0 Å². The molecule has 2 aromatic carbocycles. The molecule has 198 valence electrons. The third-order valence-electron chi connectivity index (χ3n) is 5.08. The summed E-state index contributed by atoms with van der Waals surface area (Å²) in [6, 6.07) is 9.90. The van der Waals surface area contributed by atoms with E-state index in [4.69, 9.17) is 11.6 Å². The molecular formula is C24H29ClF3N3O4S. The molecule has 12 heteroatoms. The second-order valence-corrected chi connectivity index (χ2v) is 11.7. The van der Waals surface area contributed by atoms with Crippen LogP contribution in [0.25, 0.3) is 0 Å². The lowest BCUT2D eigenvalue weighted by Crippen LogP contribution is -2.54. The van der Waals surface area contributed by atoms with Gasteiger partial charge in [0.1, 0.15) is 12.6 Å². The Labute approximate surface area is 214 Å². The van der Waals surface area contributed by atoms with Crippen LogP contribution < -0.4 is 9.62 Å². The lowest BCUT2D eigenvalue weighted by molar-refractivity contribution is -0.140. The average Bonchev–Trinajstić information content (AvgIpc) is 2.73. The zero-order valence-electron chi connectivity index (χ0n) is 20.6. The number of sulfonamides is 1. The van der Waals surface area contributed by atoms with E-state index >= 15 is 0 Å². The molecule has 7 nitrogen and oxygen atoms in total. The van der Waals surface area contributed by atoms with Crippen molar-refractivity contribution in [3.05, 3.63) is 64.7 Å². The Morgan fingerprint density at radius 3 is 2.14 bits per heavy atom. The van der Waals surface area contributed by atoms with Crippen molar-refractivity contribution >= 4 is 39.1 Å². The zero-order valence-corrected chi connectivity index (χ0v) is 22.1. The summed E-state index contributed by atoms with van der Waals surface area (Å²) in [4.78, 5) is 27.5. The van der Waals surface area contributed by atoms with Crippen molar-refractivity contribution in [2.75, 3.05) is 17.1 Å². The molecule has 0 radical (unpaired) electrons. The molecule has 36 heavy (non-hydrogen) atoms. The predicted molar refractivity (Wildman–Crippen MR) is 133 cm³/mol. The van der Waals surface area contributed by atoms with Crippen LogP contribution in [-0.4, -0.2) is 49.5 Å². The fourth-order valence-electron chi connectivity index (χ4n) is 3.31. The van der Waals surface area contributed by atoms with Crippen LogP contribution in [0.5, 0.6) is 0 Å². The summed E-state index contributed by atoms with van der Waals surface area (Å²) in [5, 5.41) is 2.49. The van der Waals surface area contributed by atoms with Gasteiger partial charge in [-0.1, -0.05) is 41.9 Å². The van der Waals surface area contributed by atoms with Gasteiger partial charge in [-0.2, -0.15) is 13.2 Å². The first-order chi connectivity index (χ1) is 16.4. The molecule has 0 aliphatic rings. The van der Waals surface area contributed by atoms with Crippen LogP contribution in [0.3, 0.4) is 0 Å². The van der Waals surface area contributed by atoms with Crippen molar-refractivity contribution in [1.29, 1.82) is 0 Å². The lowest BCUT2D eigenvalue weighted by atomic mass is 10.1. The number of nitrogens with zero attached hydrogens (tertiary/aromatic N) is 2. The fourth-order valence-corrected chi connectivity index (χ4v) is 4.43.